The van der Waals surface area contributed by atoms with Crippen molar-refractivity contribution in [2.24, 2.45) is 0 Å². The van der Waals surface area contributed by atoms with Crippen LogP contribution in [-0.2, 0) is 4.74 Å². The molecule has 0 spiro atoms. The van der Waals surface area contributed by atoms with E-state index in [0.717, 1.165) is 16.7 Å². The Kier molecular flexibility index (Phi) is 3.83. The van der Waals surface area contributed by atoms with Crippen molar-refractivity contribution in [1.82, 2.24) is 0 Å². The van der Waals surface area contributed by atoms with Gasteiger partial charge in [-0.3, -0.25) is 0 Å². The minimum Gasteiger partial charge on any atom is -0.455 e. The van der Waals surface area contributed by atoms with Crippen molar-refractivity contribution in [3.63, 3.8) is 0 Å². The average molecular weight is 196 g/mol. The number of rotatable bonds is 2. The molecule has 0 aliphatic carbocycles. The van der Waals surface area contributed by atoms with Crippen LogP contribution in [0.5, 0.6) is 0 Å². The fourth-order valence-corrected chi connectivity index (χ4v) is 1.53. The van der Waals surface area contributed by atoms with Crippen LogP contribution in [0.4, 0.5) is 4.79 Å². The lowest BCUT2D eigenvalue weighted by Gasteiger charge is -2.06. The van der Waals surface area contributed by atoms with Crippen LogP contribution in [0.1, 0.15) is 13.8 Å². The first-order chi connectivity index (χ1) is 6.18. The molecule has 0 saturated heterocycles. The SMILES string of the molecule is CC(C)OC(=O)Sc1ccccc1. The van der Waals surface area contributed by atoms with Gasteiger partial charge in [0.25, 0.3) is 0 Å². The van der Waals surface area contributed by atoms with E-state index in [-0.39, 0.29) is 11.4 Å². The molecule has 0 saturated carbocycles. The zero-order valence-corrected chi connectivity index (χ0v) is 8.51. The molecule has 0 heterocycles. The maximum Gasteiger partial charge on any atom is 0.372 e. The van der Waals surface area contributed by atoms with Gasteiger partial charge in [-0.1, -0.05) is 18.2 Å². The van der Waals surface area contributed by atoms with Crippen molar-refractivity contribution in [3.8, 4) is 0 Å². The first-order valence-corrected chi connectivity index (χ1v) is 4.93. The van der Waals surface area contributed by atoms with Gasteiger partial charge in [0.1, 0.15) is 0 Å². The molecule has 0 radical (unpaired) electrons. The Labute approximate surface area is 82.3 Å². The van der Waals surface area contributed by atoms with Crippen molar-refractivity contribution in [2.75, 3.05) is 0 Å². The number of hydrogen-bond acceptors (Lipinski definition) is 3. The first-order valence-electron chi connectivity index (χ1n) is 4.12. The molecule has 3 heteroatoms. The summed E-state index contributed by atoms with van der Waals surface area (Å²) >= 11 is 1.11. The number of benzene rings is 1. The fourth-order valence-electron chi connectivity index (χ4n) is 0.801. The Bertz CT molecular complexity index is 270. The van der Waals surface area contributed by atoms with Gasteiger partial charge in [0.05, 0.1) is 6.10 Å². The zero-order valence-electron chi connectivity index (χ0n) is 7.69. The van der Waals surface area contributed by atoms with Crippen molar-refractivity contribution >= 4 is 17.1 Å². The molecule has 0 atom stereocenters. The summed E-state index contributed by atoms with van der Waals surface area (Å²) in [5, 5.41) is -0.249. The highest BCUT2D eigenvalue weighted by atomic mass is 32.2. The summed E-state index contributed by atoms with van der Waals surface area (Å²) in [5.74, 6) is 0. The molecule has 1 aromatic carbocycles. The molecule has 0 aromatic heterocycles. The van der Waals surface area contributed by atoms with Gasteiger partial charge >= 0.3 is 5.30 Å². The van der Waals surface area contributed by atoms with Crippen molar-refractivity contribution < 1.29 is 9.53 Å². The van der Waals surface area contributed by atoms with Gasteiger partial charge in [-0.2, -0.15) is 0 Å². The van der Waals surface area contributed by atoms with Crippen LogP contribution < -0.4 is 0 Å². The number of ether oxygens (including phenoxy) is 1. The predicted octanol–water partition coefficient (Wildman–Crippen LogP) is 3.32. The molecule has 0 bridgehead atoms. The molecule has 1 rings (SSSR count). The number of carbonyl (C=O) groups excluding carboxylic acids is 1. The second-order valence-corrected chi connectivity index (χ2v) is 3.84. The van der Waals surface area contributed by atoms with E-state index in [4.69, 9.17) is 4.74 Å². The molecule has 1 aromatic rings. The Morgan fingerprint density at radius 2 is 1.92 bits per heavy atom. The van der Waals surface area contributed by atoms with Crippen molar-refractivity contribution in [3.05, 3.63) is 30.3 Å². The zero-order chi connectivity index (χ0) is 9.68. The Balaban J connectivity index is 2.46. The summed E-state index contributed by atoms with van der Waals surface area (Å²) in [6, 6.07) is 9.46. The monoisotopic (exact) mass is 196 g/mol. The van der Waals surface area contributed by atoms with Crippen LogP contribution in [0, 0.1) is 0 Å². The molecule has 2 nitrogen and oxygen atoms in total. The summed E-state index contributed by atoms with van der Waals surface area (Å²) < 4.78 is 4.98. The summed E-state index contributed by atoms with van der Waals surface area (Å²) in [7, 11) is 0. The van der Waals surface area contributed by atoms with Crippen LogP contribution in [0.2, 0.25) is 0 Å². The van der Waals surface area contributed by atoms with E-state index in [1.165, 1.54) is 0 Å². The van der Waals surface area contributed by atoms with Crippen LogP contribution in [0.25, 0.3) is 0 Å². The topological polar surface area (TPSA) is 26.3 Å². The maximum atomic E-state index is 11.2. The number of carbonyl (C=O) groups is 1. The third-order valence-corrected chi connectivity index (χ3v) is 2.05. The van der Waals surface area contributed by atoms with Gasteiger partial charge < -0.3 is 4.74 Å². The molecule has 0 amide bonds. The highest BCUT2D eigenvalue weighted by molar-refractivity contribution is 8.13. The smallest absolute Gasteiger partial charge is 0.372 e. The molecule has 0 unspecified atom stereocenters. The van der Waals surface area contributed by atoms with Crippen LogP contribution in [-0.4, -0.2) is 11.4 Å². The van der Waals surface area contributed by atoms with E-state index in [0.29, 0.717) is 0 Å². The summed E-state index contributed by atoms with van der Waals surface area (Å²) in [5.41, 5.74) is 0. The van der Waals surface area contributed by atoms with Gasteiger partial charge in [-0.25, -0.2) is 4.79 Å². The van der Waals surface area contributed by atoms with Crippen LogP contribution in [0.15, 0.2) is 35.2 Å². The predicted molar refractivity (Wildman–Crippen MR) is 53.9 cm³/mol. The molecule has 0 aliphatic rings. The first kappa shape index (κ1) is 10.1. The molecule has 13 heavy (non-hydrogen) atoms. The van der Waals surface area contributed by atoms with Crippen LogP contribution in [0.3, 0.4) is 0 Å². The Morgan fingerprint density at radius 3 is 2.46 bits per heavy atom. The fraction of sp³-hybridized carbons (Fsp3) is 0.300. The van der Waals surface area contributed by atoms with Gasteiger partial charge in [-0.15, -0.1) is 0 Å². The highest BCUT2D eigenvalue weighted by Crippen LogP contribution is 2.19. The Hall–Kier alpha value is -0.960. The minimum absolute atomic E-state index is 0.0521. The van der Waals surface area contributed by atoms with Crippen molar-refractivity contribution in [2.45, 2.75) is 24.8 Å². The van der Waals surface area contributed by atoms with E-state index in [1.54, 1.807) is 0 Å². The largest absolute Gasteiger partial charge is 0.455 e. The van der Waals surface area contributed by atoms with E-state index in [9.17, 15) is 4.79 Å². The van der Waals surface area contributed by atoms with Crippen molar-refractivity contribution in [1.29, 1.82) is 0 Å². The second-order valence-electron chi connectivity index (χ2n) is 2.83. The standard InChI is InChI=1S/C10H12O2S/c1-8(2)12-10(11)13-9-6-4-3-5-7-9/h3-8H,1-2H3. The lowest BCUT2D eigenvalue weighted by atomic mass is 10.4. The Morgan fingerprint density at radius 1 is 1.31 bits per heavy atom. The van der Waals surface area contributed by atoms with Gasteiger partial charge in [0.15, 0.2) is 0 Å². The lowest BCUT2D eigenvalue weighted by Crippen LogP contribution is -2.05. The quantitative estimate of drug-likeness (QED) is 0.536. The summed E-state index contributed by atoms with van der Waals surface area (Å²) in [4.78, 5) is 12.1. The molecule has 0 aliphatic heterocycles. The second kappa shape index (κ2) is 4.92. The molecular formula is C10H12O2S. The summed E-state index contributed by atoms with van der Waals surface area (Å²) in [6.07, 6.45) is -0.0521. The number of hydrogen-bond donors (Lipinski definition) is 0. The average Bonchev–Trinajstić information content (AvgIpc) is 2.04. The third kappa shape index (κ3) is 3.99. The minimum atomic E-state index is -0.249. The van der Waals surface area contributed by atoms with E-state index in [2.05, 4.69) is 0 Å². The van der Waals surface area contributed by atoms with E-state index in [1.807, 2.05) is 44.2 Å². The lowest BCUT2D eigenvalue weighted by molar-refractivity contribution is 0.143. The normalized spacial score (nSPS) is 10.1. The van der Waals surface area contributed by atoms with Gasteiger partial charge in [0, 0.05) is 4.90 Å². The highest BCUT2D eigenvalue weighted by Gasteiger charge is 2.06. The molecule has 0 N–H and O–H groups in total. The maximum absolute atomic E-state index is 11.2. The third-order valence-electron chi connectivity index (χ3n) is 1.28. The van der Waals surface area contributed by atoms with E-state index < -0.39 is 0 Å². The summed E-state index contributed by atoms with van der Waals surface area (Å²) in [6.45, 7) is 3.67. The molecular weight excluding hydrogens is 184 g/mol. The van der Waals surface area contributed by atoms with Gasteiger partial charge in [-0.05, 0) is 37.7 Å². The molecule has 70 valence electrons. The van der Waals surface area contributed by atoms with Gasteiger partial charge in [0.2, 0.25) is 0 Å². The van der Waals surface area contributed by atoms with E-state index >= 15 is 0 Å². The number of thioether (sulfide) groups is 1. The molecule has 0 fully saturated rings. The van der Waals surface area contributed by atoms with Crippen LogP contribution >= 0.6 is 11.8 Å².